The lowest BCUT2D eigenvalue weighted by molar-refractivity contribution is 0.303. The van der Waals surface area contributed by atoms with E-state index >= 15 is 0 Å². The third-order valence-corrected chi connectivity index (χ3v) is 3.02. The molecule has 1 aromatic carbocycles. The van der Waals surface area contributed by atoms with Crippen molar-refractivity contribution in [2.24, 2.45) is 0 Å². The fraction of sp³-hybridized carbons (Fsp3) is 0.154. The molecule has 4 nitrogen and oxygen atoms in total. The number of halogens is 1. The molecule has 98 valence electrons. The second-order valence-corrected chi connectivity index (χ2v) is 4.57. The maximum atomic E-state index is 9.21. The molecule has 1 heterocycles. The molecule has 2 N–H and O–H groups in total. The Balaban J connectivity index is 2.18. The van der Waals surface area contributed by atoms with Gasteiger partial charge in [0.25, 0.3) is 0 Å². The van der Waals surface area contributed by atoms with E-state index in [0.717, 1.165) is 11.1 Å². The predicted octanol–water partition coefficient (Wildman–Crippen LogP) is 1.30. The Kier molecular flexibility index (Phi) is 4.42. The van der Waals surface area contributed by atoms with E-state index in [-0.39, 0.29) is 5.46 Å². The first-order chi connectivity index (χ1) is 9.08. The minimum atomic E-state index is -1.62. The summed E-state index contributed by atoms with van der Waals surface area (Å²) in [5.41, 5.74) is 2.00. The average Bonchev–Trinajstić information content (AvgIpc) is 2.38. The van der Waals surface area contributed by atoms with Gasteiger partial charge in [0.15, 0.2) is 0 Å². The molecule has 6 heteroatoms. The summed E-state index contributed by atoms with van der Waals surface area (Å²) < 4.78 is 5.65. The Morgan fingerprint density at radius 2 is 2.16 bits per heavy atom. The molecule has 19 heavy (non-hydrogen) atoms. The maximum Gasteiger partial charge on any atom is 0.490 e. The smallest absolute Gasteiger partial charge is 0.489 e. The summed E-state index contributed by atoms with van der Waals surface area (Å²) in [7, 11) is -1.62. The van der Waals surface area contributed by atoms with Crippen molar-refractivity contribution in [3.05, 3.63) is 52.8 Å². The zero-order chi connectivity index (χ0) is 13.8. The van der Waals surface area contributed by atoms with Gasteiger partial charge in [-0.25, -0.2) is 0 Å². The summed E-state index contributed by atoms with van der Waals surface area (Å²) in [6.07, 6.45) is 3.41. The van der Waals surface area contributed by atoms with Crippen LogP contribution >= 0.6 is 11.6 Å². The largest absolute Gasteiger partial charge is 0.490 e. The van der Waals surface area contributed by atoms with E-state index in [4.69, 9.17) is 16.3 Å². The molecule has 0 aliphatic heterocycles. The van der Waals surface area contributed by atoms with Gasteiger partial charge >= 0.3 is 7.12 Å². The Bertz CT molecular complexity index is 563. The number of pyridine rings is 1. The van der Waals surface area contributed by atoms with Gasteiger partial charge in [0.05, 0.1) is 0 Å². The highest BCUT2D eigenvalue weighted by molar-refractivity contribution is 6.62. The van der Waals surface area contributed by atoms with Crippen LogP contribution in [0.15, 0.2) is 36.7 Å². The van der Waals surface area contributed by atoms with Crippen LogP contribution in [0.4, 0.5) is 0 Å². The zero-order valence-corrected chi connectivity index (χ0v) is 11.1. The number of ether oxygens (including phenoxy) is 1. The molecule has 0 radical (unpaired) electrons. The van der Waals surface area contributed by atoms with Crippen LogP contribution in [-0.4, -0.2) is 22.2 Å². The second kappa shape index (κ2) is 6.06. The van der Waals surface area contributed by atoms with Crippen molar-refractivity contribution >= 4 is 24.2 Å². The molecule has 0 saturated heterocycles. The van der Waals surface area contributed by atoms with Gasteiger partial charge in [-0.05, 0) is 30.7 Å². The normalized spacial score (nSPS) is 10.3. The lowest BCUT2D eigenvalue weighted by atomic mass is 9.79. The van der Waals surface area contributed by atoms with Crippen LogP contribution in [0.3, 0.4) is 0 Å². The zero-order valence-electron chi connectivity index (χ0n) is 10.4. The molecule has 1 aromatic heterocycles. The van der Waals surface area contributed by atoms with E-state index in [1.807, 2.05) is 19.1 Å². The average molecular weight is 278 g/mol. The predicted molar refractivity (Wildman–Crippen MR) is 74.6 cm³/mol. The second-order valence-electron chi connectivity index (χ2n) is 4.16. The molecule has 0 spiro atoms. The summed E-state index contributed by atoms with van der Waals surface area (Å²) in [5.74, 6) is 0.566. The summed E-state index contributed by atoms with van der Waals surface area (Å²) in [6.45, 7) is 2.20. The minimum Gasteiger partial charge on any atom is -0.489 e. The number of benzene rings is 1. The standard InChI is InChI=1S/C13H13BClNO3/c1-9-5-12(15)11(14(17)18)6-13(9)19-8-10-3-2-4-16-7-10/h2-7,17-18H,8H2,1H3. The Hall–Kier alpha value is -1.56. The van der Waals surface area contributed by atoms with Crippen molar-refractivity contribution in [2.75, 3.05) is 0 Å². The lowest BCUT2D eigenvalue weighted by Gasteiger charge is -2.12. The Morgan fingerprint density at radius 3 is 2.79 bits per heavy atom. The summed E-state index contributed by atoms with van der Waals surface area (Å²) in [4.78, 5) is 4.00. The van der Waals surface area contributed by atoms with Crippen LogP contribution in [0, 0.1) is 6.92 Å². The fourth-order valence-electron chi connectivity index (χ4n) is 1.67. The Morgan fingerprint density at radius 1 is 1.37 bits per heavy atom. The molecule has 0 bridgehead atoms. The lowest BCUT2D eigenvalue weighted by Crippen LogP contribution is -2.31. The topological polar surface area (TPSA) is 62.6 Å². The highest BCUT2D eigenvalue weighted by atomic mass is 35.5. The van der Waals surface area contributed by atoms with Gasteiger partial charge in [0.1, 0.15) is 12.4 Å². The number of aryl methyl sites for hydroxylation is 1. The van der Waals surface area contributed by atoms with E-state index < -0.39 is 7.12 Å². The van der Waals surface area contributed by atoms with Gasteiger partial charge in [-0.3, -0.25) is 4.98 Å². The van der Waals surface area contributed by atoms with Crippen molar-refractivity contribution < 1.29 is 14.8 Å². The van der Waals surface area contributed by atoms with E-state index in [9.17, 15) is 10.0 Å². The van der Waals surface area contributed by atoms with Crippen LogP contribution in [0.5, 0.6) is 5.75 Å². The van der Waals surface area contributed by atoms with E-state index in [2.05, 4.69) is 4.98 Å². The number of hydrogen-bond acceptors (Lipinski definition) is 4. The Labute approximate surface area is 116 Å². The fourth-order valence-corrected chi connectivity index (χ4v) is 1.98. The first-order valence-corrected chi connectivity index (χ1v) is 6.13. The number of rotatable bonds is 4. The highest BCUT2D eigenvalue weighted by Gasteiger charge is 2.17. The van der Waals surface area contributed by atoms with E-state index in [1.54, 1.807) is 24.5 Å². The molecule has 0 amide bonds. The highest BCUT2D eigenvalue weighted by Crippen LogP contribution is 2.21. The van der Waals surface area contributed by atoms with Crippen LogP contribution in [-0.2, 0) is 6.61 Å². The molecule has 2 aromatic rings. The van der Waals surface area contributed by atoms with Gasteiger partial charge in [0, 0.05) is 28.4 Å². The van der Waals surface area contributed by atoms with E-state index in [0.29, 0.717) is 17.4 Å². The summed E-state index contributed by atoms with van der Waals surface area (Å²) >= 11 is 5.93. The SMILES string of the molecule is Cc1cc(Cl)c(B(O)O)cc1OCc1cccnc1. The molecule has 0 atom stereocenters. The van der Waals surface area contributed by atoms with Crippen molar-refractivity contribution in [2.45, 2.75) is 13.5 Å². The summed E-state index contributed by atoms with van der Waals surface area (Å²) in [5, 5.41) is 18.7. The molecule has 0 fully saturated rings. The van der Waals surface area contributed by atoms with Gasteiger partial charge in [-0.15, -0.1) is 0 Å². The molecule has 0 unspecified atom stereocenters. The van der Waals surface area contributed by atoms with Gasteiger partial charge in [0.2, 0.25) is 0 Å². The first kappa shape index (κ1) is 13.9. The third kappa shape index (κ3) is 3.47. The van der Waals surface area contributed by atoms with Crippen molar-refractivity contribution in [1.29, 1.82) is 0 Å². The minimum absolute atomic E-state index is 0.230. The van der Waals surface area contributed by atoms with E-state index in [1.165, 1.54) is 0 Å². The van der Waals surface area contributed by atoms with Crippen molar-refractivity contribution in [3.63, 3.8) is 0 Å². The van der Waals surface area contributed by atoms with Crippen LogP contribution in [0.25, 0.3) is 0 Å². The molecule has 2 rings (SSSR count). The molecule has 0 aliphatic carbocycles. The van der Waals surface area contributed by atoms with Gasteiger partial charge in [-0.2, -0.15) is 0 Å². The maximum absolute atomic E-state index is 9.21. The van der Waals surface area contributed by atoms with Crippen LogP contribution < -0.4 is 10.2 Å². The summed E-state index contributed by atoms with van der Waals surface area (Å²) in [6, 6.07) is 6.92. The van der Waals surface area contributed by atoms with Crippen LogP contribution in [0.1, 0.15) is 11.1 Å². The number of hydrogen-bond donors (Lipinski definition) is 2. The van der Waals surface area contributed by atoms with Crippen LogP contribution in [0.2, 0.25) is 5.02 Å². The van der Waals surface area contributed by atoms with Crippen molar-refractivity contribution in [1.82, 2.24) is 4.98 Å². The number of aromatic nitrogens is 1. The van der Waals surface area contributed by atoms with Crippen molar-refractivity contribution in [3.8, 4) is 5.75 Å². The monoisotopic (exact) mass is 277 g/mol. The third-order valence-electron chi connectivity index (χ3n) is 2.69. The molecular weight excluding hydrogens is 264 g/mol. The molecular formula is C13H13BClNO3. The first-order valence-electron chi connectivity index (χ1n) is 5.76. The molecule has 0 aliphatic rings. The van der Waals surface area contributed by atoms with Gasteiger partial charge in [-0.1, -0.05) is 17.7 Å². The molecule has 0 saturated carbocycles. The van der Waals surface area contributed by atoms with Gasteiger partial charge < -0.3 is 14.8 Å². The number of nitrogens with zero attached hydrogens (tertiary/aromatic N) is 1. The quantitative estimate of drug-likeness (QED) is 0.827.